The van der Waals surface area contributed by atoms with E-state index in [0.29, 0.717) is 49.5 Å². The maximum Gasteiger partial charge on any atom is 0.319 e. The molecule has 5 aliphatic heterocycles. The summed E-state index contributed by atoms with van der Waals surface area (Å²) in [6.07, 6.45) is 13.7. The van der Waals surface area contributed by atoms with Crippen molar-refractivity contribution >= 4 is 98.8 Å². The van der Waals surface area contributed by atoms with Gasteiger partial charge in [-0.1, -0.05) is 51.0 Å². The van der Waals surface area contributed by atoms with E-state index in [9.17, 15) is 19.5 Å². The summed E-state index contributed by atoms with van der Waals surface area (Å²) in [5.74, 6) is -0.477. The molecule has 14 rings (SSSR count). The number of terminal acetylenes is 1. The third-order valence-corrected chi connectivity index (χ3v) is 22.2. The van der Waals surface area contributed by atoms with Gasteiger partial charge in [0.1, 0.15) is 29.3 Å². The number of carbonyl (C=O) groups excluding carboxylic acids is 3. The fraction of sp³-hybridized carbons (Fsp3) is 0.500. The number of nitrogens with one attached hydrogen (secondary N) is 4. The molecule has 2 aromatic carbocycles. The number of piperazine rings is 1. The van der Waals surface area contributed by atoms with Gasteiger partial charge in [-0.3, -0.25) is 24.5 Å². The zero-order chi connectivity index (χ0) is 60.1. The number of alkyl halides is 2. The first kappa shape index (κ1) is 57.9. The zero-order valence-corrected chi connectivity index (χ0v) is 51.5. The largest absolute Gasteiger partial charge is 0.462 e. The first-order valence-corrected chi connectivity index (χ1v) is 32.8. The number of thiazole rings is 1. The van der Waals surface area contributed by atoms with Gasteiger partial charge in [-0.25, -0.2) is 13.8 Å². The van der Waals surface area contributed by atoms with Crippen molar-refractivity contribution in [2.45, 2.75) is 134 Å². The first-order chi connectivity index (χ1) is 41.8. The average molecular weight is 1240 g/mol. The molecule has 3 amide bonds. The lowest BCUT2D eigenvalue weighted by Gasteiger charge is -2.46. The minimum atomic E-state index is -2.93. The number of carbonyl (C=O) groups is 3. The number of fused-ring (bicyclic) bond motifs is 7. The SMILES string of the molecule is C#Cc1csc2cc3[nH]ncc3c(-c3nccc4c3sc3nc(OC[C@]5(CN6CCC7(CC[C@@H](CC(=O)N[C@H](C(=O)N8C[C@H](O)C[C@H]8C(=O)NCc8ccc(-c9scnc9C)cc8)C(C)(C)C)CO7)CC6)CC5(F)F)nc(N5CC6CCC(C5)N6)c34)c12. The molecule has 6 fully saturated rings. The Morgan fingerprint density at radius 3 is 2.48 bits per heavy atom. The van der Waals surface area contributed by atoms with Crippen LogP contribution in [0.15, 0.2) is 59.7 Å². The summed E-state index contributed by atoms with van der Waals surface area (Å²) in [7, 11) is 0. The first-order valence-electron chi connectivity index (χ1n) is 30.2. The highest BCUT2D eigenvalue weighted by Crippen LogP contribution is 2.61. The van der Waals surface area contributed by atoms with Gasteiger partial charge in [-0.15, -0.1) is 40.4 Å². The number of halogens is 2. The molecular formula is C64H70F2N12O6S3. The molecular weight excluding hydrogens is 1170 g/mol. The number of ether oxygens (including phenoxy) is 2. The van der Waals surface area contributed by atoms with Gasteiger partial charge >= 0.3 is 6.01 Å². The minimum Gasteiger partial charge on any atom is -0.462 e. The van der Waals surface area contributed by atoms with E-state index in [0.717, 1.165) is 120 Å². The van der Waals surface area contributed by atoms with E-state index < -0.39 is 46.4 Å². The molecule has 18 nitrogen and oxygen atoms in total. The Balaban J connectivity index is 0.609. The van der Waals surface area contributed by atoms with Crippen molar-refractivity contribution in [2.75, 3.05) is 57.4 Å². The molecule has 5 N–H and O–H groups in total. The number of piperidine rings is 1. The summed E-state index contributed by atoms with van der Waals surface area (Å²) in [5.41, 5.74) is 5.48. The molecule has 5 saturated heterocycles. The number of thiophene rings is 2. The number of hydrogen-bond donors (Lipinski definition) is 5. The van der Waals surface area contributed by atoms with Crippen LogP contribution in [0.1, 0.15) is 95.4 Å². The number of nitrogens with zero attached hydrogens (tertiary/aromatic N) is 8. The van der Waals surface area contributed by atoms with Crippen LogP contribution in [0.5, 0.6) is 6.01 Å². The third kappa shape index (κ3) is 10.9. The minimum absolute atomic E-state index is 0.0187. The number of hydrogen-bond acceptors (Lipinski definition) is 17. The van der Waals surface area contributed by atoms with Crippen LogP contribution in [0, 0.1) is 36.0 Å². The van der Waals surface area contributed by atoms with Gasteiger partial charge in [-0.2, -0.15) is 15.1 Å². The molecule has 23 heteroatoms. The number of likely N-dealkylation sites (tertiary alicyclic amines) is 2. The van der Waals surface area contributed by atoms with Crippen LogP contribution in [-0.4, -0.2) is 157 Å². The highest BCUT2D eigenvalue weighted by molar-refractivity contribution is 7.26. The van der Waals surface area contributed by atoms with Crippen molar-refractivity contribution in [1.82, 2.24) is 55.9 Å². The lowest BCUT2D eigenvalue weighted by atomic mass is 9.80. The molecule has 1 aliphatic carbocycles. The van der Waals surface area contributed by atoms with Crippen molar-refractivity contribution in [3.63, 3.8) is 0 Å². The molecule has 0 radical (unpaired) electrons. The number of amides is 3. The summed E-state index contributed by atoms with van der Waals surface area (Å²) < 4.78 is 46.7. The Morgan fingerprint density at radius 1 is 1.00 bits per heavy atom. The number of pyridine rings is 1. The molecule has 1 saturated carbocycles. The van der Waals surface area contributed by atoms with Crippen LogP contribution in [0.3, 0.4) is 0 Å². The van der Waals surface area contributed by atoms with Gasteiger partial charge in [0.25, 0.3) is 5.92 Å². The number of aliphatic hydroxyl groups excluding tert-OH is 1. The second kappa shape index (κ2) is 22.4. The quantitative estimate of drug-likeness (QED) is 0.0605. The fourth-order valence-corrected chi connectivity index (χ4v) is 17.1. The summed E-state index contributed by atoms with van der Waals surface area (Å²) in [6.45, 7) is 10.7. The second-order valence-corrected chi connectivity index (χ2v) is 29.0. The molecule has 2 bridgehead atoms. The number of anilines is 1. The van der Waals surface area contributed by atoms with Crippen LogP contribution in [0.2, 0.25) is 0 Å². The summed E-state index contributed by atoms with van der Waals surface area (Å²) in [4.78, 5) is 69.0. The lowest BCUT2D eigenvalue weighted by Crippen LogP contribution is -2.58. The molecule has 2 unspecified atom stereocenters. The van der Waals surface area contributed by atoms with E-state index in [1.54, 1.807) is 22.7 Å². The predicted octanol–water partition coefficient (Wildman–Crippen LogP) is 9.22. The number of aryl methyl sites for hydroxylation is 1. The van der Waals surface area contributed by atoms with E-state index in [1.165, 1.54) is 16.2 Å². The molecule has 6 aromatic heterocycles. The van der Waals surface area contributed by atoms with E-state index in [-0.39, 0.29) is 69.2 Å². The number of H-pyrrole nitrogens is 1. The van der Waals surface area contributed by atoms with Gasteiger partial charge in [0.2, 0.25) is 17.7 Å². The Bertz CT molecular complexity index is 4010. The molecule has 1 spiro atoms. The molecule has 87 heavy (non-hydrogen) atoms. The van der Waals surface area contributed by atoms with E-state index in [2.05, 4.69) is 52.9 Å². The summed E-state index contributed by atoms with van der Waals surface area (Å²) >= 11 is 4.65. The maximum absolute atomic E-state index is 15.9. The highest BCUT2D eigenvalue weighted by atomic mass is 32.1. The Morgan fingerprint density at radius 2 is 1.78 bits per heavy atom. The van der Waals surface area contributed by atoms with Crippen LogP contribution in [-0.2, 0) is 25.7 Å². The van der Waals surface area contributed by atoms with E-state index in [1.807, 2.05) is 81.3 Å². The van der Waals surface area contributed by atoms with Crippen molar-refractivity contribution in [3.05, 3.63) is 76.5 Å². The highest BCUT2D eigenvalue weighted by Gasteiger charge is 2.72. The van der Waals surface area contributed by atoms with Crippen LogP contribution < -0.4 is 25.6 Å². The molecule has 8 aromatic rings. The van der Waals surface area contributed by atoms with Crippen LogP contribution in [0.4, 0.5) is 14.6 Å². The van der Waals surface area contributed by atoms with Gasteiger partial charge in [-0.05, 0) is 80.0 Å². The predicted molar refractivity (Wildman–Crippen MR) is 334 cm³/mol. The molecule has 7 atom stereocenters. The number of aromatic nitrogens is 6. The van der Waals surface area contributed by atoms with E-state index >= 15 is 8.78 Å². The zero-order valence-electron chi connectivity index (χ0n) is 49.1. The number of aliphatic hydroxyl groups is 1. The number of β-amino-alcohol motifs (C(OH)–C–C–N with tert-alkyl or cyclic N) is 1. The number of aromatic amines is 1. The third-order valence-electron chi connectivity index (χ3n) is 19.2. The number of benzene rings is 2. The second-order valence-electron chi connectivity index (χ2n) is 26.2. The van der Waals surface area contributed by atoms with Gasteiger partial charge in [0.05, 0.1) is 67.3 Å². The Hall–Kier alpha value is -6.78. The Labute approximate surface area is 514 Å². The van der Waals surface area contributed by atoms with Gasteiger partial charge in [0, 0.05) is 121 Å². The van der Waals surface area contributed by atoms with Crippen LogP contribution in [0.25, 0.3) is 63.0 Å². The number of rotatable bonds is 15. The fourth-order valence-electron chi connectivity index (χ4n) is 14.2. The van der Waals surface area contributed by atoms with E-state index in [4.69, 9.17) is 30.8 Å². The molecule has 454 valence electrons. The van der Waals surface area contributed by atoms with Crippen molar-refractivity contribution in [2.24, 2.45) is 16.7 Å². The standard InChI is InChI=1S/C64H70F2N12O6S3/c1-6-38-30-85-47-23-45-44(25-70-75-45)50(49(38)47)52-54-43(14-18-67-52)51-56(77-26-40-11-12-41(27-77)71-40)73-60(74-58(51)87-54)83-33-62(31-64(62,65)66)32-76-19-16-63(17-20-76)15-13-37(29-84-63)21-48(80)72-55(61(3,4)5)59(82)78-28-42(79)22-46(78)57(81)68-24-36-7-9-39(10-8-36)53-35(2)69-34-86-53/h1,7-10,14,18,23,25,30,34,37,40-42,46,55,71,79H,11-13,15-17,19-22,24,26-29,31-33H2,2-5H3,(H,68,81)(H,70,75)(H,72,80)/t37-,40?,41?,42+,46-,55+,62+/m0/s1. The van der Waals surface area contributed by atoms with Crippen molar-refractivity contribution < 1.29 is 37.7 Å². The summed E-state index contributed by atoms with van der Waals surface area (Å²) in [6, 6.07) is 10.8. The monoisotopic (exact) mass is 1240 g/mol. The molecule has 11 heterocycles. The maximum atomic E-state index is 15.9. The average Bonchev–Trinajstić information content (AvgIpc) is 1.67. The molecule has 6 aliphatic rings. The van der Waals surface area contributed by atoms with Gasteiger partial charge < -0.3 is 45.2 Å². The smallest absolute Gasteiger partial charge is 0.319 e. The van der Waals surface area contributed by atoms with Gasteiger partial charge in [0.15, 0.2) is 0 Å². The van der Waals surface area contributed by atoms with Crippen molar-refractivity contribution in [1.29, 1.82) is 0 Å². The Kier molecular flexibility index (Phi) is 14.9. The summed E-state index contributed by atoms with van der Waals surface area (Å²) in [5, 5.41) is 33.7. The topological polar surface area (TPSA) is 216 Å². The van der Waals surface area contributed by atoms with Crippen LogP contribution >= 0.6 is 34.0 Å². The normalized spacial score (nSPS) is 24.7. The lowest BCUT2D eigenvalue weighted by molar-refractivity contribution is -0.146. The van der Waals surface area contributed by atoms with Crippen molar-refractivity contribution in [3.8, 4) is 40.1 Å².